The average molecular weight is 438 g/mol. The molecule has 152 valence electrons. The molecule has 1 fully saturated rings. The van der Waals surface area contributed by atoms with Crippen molar-refractivity contribution in [2.75, 3.05) is 30.3 Å². The zero-order chi connectivity index (χ0) is 20.6. The molecule has 1 atom stereocenters. The number of nitriles is 1. The van der Waals surface area contributed by atoms with Crippen molar-refractivity contribution >= 4 is 27.1 Å². The number of fused-ring (bicyclic) bond motifs is 1. The molecule has 0 aliphatic carbocycles. The Labute approximate surface area is 172 Å². The lowest BCUT2D eigenvalue weighted by Gasteiger charge is -2.33. The van der Waals surface area contributed by atoms with Crippen LogP contribution in [0.15, 0.2) is 29.2 Å². The largest absolute Gasteiger partial charge is 0.437 e. The summed E-state index contributed by atoms with van der Waals surface area (Å²) in [6.07, 6.45) is 1.73. The van der Waals surface area contributed by atoms with Gasteiger partial charge in [-0.2, -0.15) is 14.6 Å². The van der Waals surface area contributed by atoms with Crippen molar-refractivity contribution in [1.29, 1.82) is 5.26 Å². The van der Waals surface area contributed by atoms with E-state index < -0.39 is 20.8 Å². The number of hydrogen-bond donors (Lipinski definition) is 0. The van der Waals surface area contributed by atoms with Crippen molar-refractivity contribution in [2.45, 2.75) is 23.8 Å². The lowest BCUT2D eigenvalue weighted by atomic mass is 10.2. The summed E-state index contributed by atoms with van der Waals surface area (Å²) in [5.74, 6) is -1.20. The van der Waals surface area contributed by atoms with E-state index in [9.17, 15) is 12.8 Å². The fraction of sp³-hybridized carbons (Fsp3) is 0.368. The van der Waals surface area contributed by atoms with E-state index in [1.807, 2.05) is 6.07 Å². The predicted octanol–water partition coefficient (Wildman–Crippen LogP) is 3.31. The Morgan fingerprint density at radius 2 is 2.14 bits per heavy atom. The number of nitrogens with zero attached hydrogens (tertiary/aromatic N) is 3. The van der Waals surface area contributed by atoms with Gasteiger partial charge in [-0.1, -0.05) is 11.6 Å². The molecule has 1 aromatic heterocycles. The van der Waals surface area contributed by atoms with Gasteiger partial charge in [0.05, 0.1) is 23.5 Å². The van der Waals surface area contributed by atoms with E-state index in [-0.39, 0.29) is 34.9 Å². The quantitative estimate of drug-likeness (QED) is 0.677. The number of halogens is 2. The highest BCUT2D eigenvalue weighted by molar-refractivity contribution is 7.91. The first-order valence-corrected chi connectivity index (χ1v) is 11.1. The van der Waals surface area contributed by atoms with E-state index in [4.69, 9.17) is 26.3 Å². The minimum atomic E-state index is -3.80. The predicted molar refractivity (Wildman–Crippen MR) is 104 cm³/mol. The van der Waals surface area contributed by atoms with Gasteiger partial charge in [0.25, 0.3) is 0 Å². The molecule has 7 nitrogen and oxygen atoms in total. The van der Waals surface area contributed by atoms with Crippen LogP contribution >= 0.6 is 11.6 Å². The van der Waals surface area contributed by atoms with Crippen LogP contribution in [0.1, 0.15) is 18.4 Å². The molecule has 0 saturated carbocycles. The fourth-order valence-electron chi connectivity index (χ4n) is 3.49. The molecule has 29 heavy (non-hydrogen) atoms. The number of rotatable bonds is 4. The first-order chi connectivity index (χ1) is 13.9. The summed E-state index contributed by atoms with van der Waals surface area (Å²) in [5.41, 5.74) is 0.569. The molecule has 1 saturated heterocycles. The summed E-state index contributed by atoms with van der Waals surface area (Å²) in [6.45, 7) is 1.28. The monoisotopic (exact) mass is 437 g/mol. The molecule has 0 spiro atoms. The molecule has 2 aliphatic rings. The highest BCUT2D eigenvalue weighted by Crippen LogP contribution is 2.44. The maximum atomic E-state index is 14.4. The number of ether oxygens (including phenoxy) is 2. The maximum absolute atomic E-state index is 14.4. The van der Waals surface area contributed by atoms with Gasteiger partial charge in [-0.3, -0.25) is 0 Å². The van der Waals surface area contributed by atoms with E-state index in [0.29, 0.717) is 24.5 Å². The Kier molecular flexibility index (Phi) is 5.34. The van der Waals surface area contributed by atoms with Gasteiger partial charge < -0.3 is 14.4 Å². The van der Waals surface area contributed by atoms with Gasteiger partial charge in [0.1, 0.15) is 21.4 Å². The van der Waals surface area contributed by atoms with E-state index in [1.165, 1.54) is 24.3 Å². The number of pyridine rings is 1. The highest BCUT2D eigenvalue weighted by atomic mass is 35.5. The third-order valence-corrected chi connectivity index (χ3v) is 7.10. The average Bonchev–Trinajstić information content (AvgIpc) is 3.21. The van der Waals surface area contributed by atoms with Gasteiger partial charge in [-0.05, 0) is 37.1 Å². The van der Waals surface area contributed by atoms with Crippen molar-refractivity contribution < 1.29 is 22.3 Å². The van der Waals surface area contributed by atoms with Gasteiger partial charge in [0, 0.05) is 19.7 Å². The Hall–Kier alpha value is -2.41. The van der Waals surface area contributed by atoms with Crippen LogP contribution in [0, 0.1) is 17.3 Å². The minimum Gasteiger partial charge on any atom is -0.437 e. The van der Waals surface area contributed by atoms with Gasteiger partial charge in [0.15, 0.2) is 9.84 Å². The highest BCUT2D eigenvalue weighted by Gasteiger charge is 2.38. The molecule has 3 heterocycles. The van der Waals surface area contributed by atoms with Crippen LogP contribution in [-0.4, -0.2) is 45.0 Å². The SMILES string of the molecule is N#Cc1ccc(Oc2nc(F)c(Cl)c3c2N(C[C@@H]2CCCO2)CCS3(=O)=O)cc1. The van der Waals surface area contributed by atoms with Crippen LogP contribution < -0.4 is 9.64 Å². The lowest BCUT2D eigenvalue weighted by molar-refractivity contribution is 0.115. The summed E-state index contributed by atoms with van der Waals surface area (Å²) in [6, 6.07) is 8.12. The van der Waals surface area contributed by atoms with E-state index in [2.05, 4.69) is 4.98 Å². The molecule has 10 heteroatoms. The fourth-order valence-corrected chi connectivity index (χ4v) is 5.51. The third kappa shape index (κ3) is 3.88. The second-order valence-electron chi connectivity index (χ2n) is 6.84. The first kappa shape index (κ1) is 19.9. The zero-order valence-corrected chi connectivity index (χ0v) is 16.8. The molecule has 0 radical (unpaired) electrons. The van der Waals surface area contributed by atoms with Crippen molar-refractivity contribution in [3.8, 4) is 17.7 Å². The standard InChI is InChI=1S/C19H17ClFN3O4S/c20-15-17-16(24(7-9-29(17,25)26)11-14-2-1-8-27-14)19(23-18(15)21)28-13-5-3-12(10-22)4-6-13/h3-6,14H,1-2,7-9,11H2/t14-/m0/s1. The summed E-state index contributed by atoms with van der Waals surface area (Å²) < 4.78 is 51.2. The van der Waals surface area contributed by atoms with E-state index in [0.717, 1.165) is 12.8 Å². The number of benzene rings is 1. The third-order valence-electron chi connectivity index (χ3n) is 4.90. The van der Waals surface area contributed by atoms with Gasteiger partial charge in [-0.25, -0.2) is 8.42 Å². The number of anilines is 1. The summed E-state index contributed by atoms with van der Waals surface area (Å²) >= 11 is 6.03. The zero-order valence-electron chi connectivity index (χ0n) is 15.3. The molecule has 4 rings (SSSR count). The molecule has 2 aromatic rings. The van der Waals surface area contributed by atoms with Crippen LogP contribution in [0.4, 0.5) is 10.1 Å². The summed E-state index contributed by atoms with van der Waals surface area (Å²) in [4.78, 5) is 5.26. The normalized spacial score (nSPS) is 20.2. The molecule has 1 aromatic carbocycles. The second kappa shape index (κ2) is 7.78. The van der Waals surface area contributed by atoms with Crippen molar-refractivity contribution in [3.05, 3.63) is 40.8 Å². The maximum Gasteiger partial charge on any atom is 0.247 e. The Bertz CT molecular complexity index is 1080. The van der Waals surface area contributed by atoms with Gasteiger partial charge in [-0.15, -0.1) is 0 Å². The van der Waals surface area contributed by atoms with Crippen LogP contribution in [-0.2, 0) is 14.6 Å². The minimum absolute atomic E-state index is 0.0600. The molecule has 0 unspecified atom stereocenters. The second-order valence-corrected chi connectivity index (χ2v) is 9.26. The number of hydrogen-bond acceptors (Lipinski definition) is 7. The Morgan fingerprint density at radius 3 is 2.79 bits per heavy atom. The summed E-state index contributed by atoms with van der Waals surface area (Å²) in [7, 11) is -3.80. The molecule has 2 aliphatic heterocycles. The Morgan fingerprint density at radius 1 is 1.38 bits per heavy atom. The molecule has 0 bridgehead atoms. The molecular formula is C19H17ClFN3O4S. The summed E-state index contributed by atoms with van der Waals surface area (Å²) in [5, 5.41) is 8.38. The van der Waals surface area contributed by atoms with E-state index >= 15 is 0 Å². The molecule has 0 N–H and O–H groups in total. The molecular weight excluding hydrogens is 421 g/mol. The number of sulfone groups is 1. The van der Waals surface area contributed by atoms with Crippen molar-refractivity contribution in [1.82, 2.24) is 4.98 Å². The van der Waals surface area contributed by atoms with Gasteiger partial charge >= 0.3 is 0 Å². The van der Waals surface area contributed by atoms with Crippen LogP contribution in [0.2, 0.25) is 5.02 Å². The van der Waals surface area contributed by atoms with Crippen molar-refractivity contribution in [2.24, 2.45) is 0 Å². The van der Waals surface area contributed by atoms with Crippen LogP contribution in [0.5, 0.6) is 11.6 Å². The smallest absolute Gasteiger partial charge is 0.247 e. The van der Waals surface area contributed by atoms with Crippen molar-refractivity contribution in [3.63, 3.8) is 0 Å². The number of aromatic nitrogens is 1. The lowest BCUT2D eigenvalue weighted by Crippen LogP contribution is -2.40. The van der Waals surface area contributed by atoms with Crippen LogP contribution in [0.3, 0.4) is 0 Å². The Balaban J connectivity index is 1.80. The van der Waals surface area contributed by atoms with E-state index in [1.54, 1.807) is 4.90 Å². The topological polar surface area (TPSA) is 92.5 Å². The van der Waals surface area contributed by atoms with Crippen LogP contribution in [0.25, 0.3) is 0 Å². The molecule has 0 amide bonds. The first-order valence-electron chi connectivity index (χ1n) is 9.05. The van der Waals surface area contributed by atoms with Gasteiger partial charge in [0.2, 0.25) is 11.8 Å².